The zero-order chi connectivity index (χ0) is 22.3. The van der Waals surface area contributed by atoms with Crippen LogP contribution in [0.1, 0.15) is 35.3 Å². The van der Waals surface area contributed by atoms with Crippen LogP contribution in [0.25, 0.3) is 33.4 Å². The summed E-state index contributed by atoms with van der Waals surface area (Å²) in [6.07, 6.45) is 1.46. The number of hydrogen-bond donors (Lipinski definition) is 2. The molecule has 2 N–H and O–H groups in total. The van der Waals surface area contributed by atoms with Gasteiger partial charge in [0.1, 0.15) is 11.3 Å². The van der Waals surface area contributed by atoms with Crippen molar-refractivity contribution in [3.8, 4) is 22.5 Å². The average molecular weight is 451 g/mol. The number of rotatable bonds is 5. The van der Waals surface area contributed by atoms with Crippen LogP contribution in [0.3, 0.4) is 0 Å². The molecule has 2 aromatic carbocycles. The largest absolute Gasteiger partial charge is 0.478 e. The van der Waals surface area contributed by atoms with Gasteiger partial charge in [-0.1, -0.05) is 32.0 Å². The molecule has 32 heavy (non-hydrogen) atoms. The zero-order valence-electron chi connectivity index (χ0n) is 18.7. The van der Waals surface area contributed by atoms with E-state index < -0.39 is 5.97 Å². The second-order valence-corrected chi connectivity index (χ2v) is 7.86. The lowest BCUT2D eigenvalue weighted by atomic mass is 9.85. The normalized spacial score (nSPS) is 10.9. The Morgan fingerprint density at radius 2 is 1.69 bits per heavy atom. The molecule has 0 unspecified atom stereocenters. The van der Waals surface area contributed by atoms with Crippen molar-refractivity contribution in [2.75, 3.05) is 19.0 Å². The van der Waals surface area contributed by atoms with Gasteiger partial charge in [0.05, 0.1) is 10.9 Å². The summed E-state index contributed by atoms with van der Waals surface area (Å²) >= 11 is 0. The fourth-order valence-corrected chi connectivity index (χ4v) is 4.40. The molecule has 0 aromatic heterocycles. The Hall–Kier alpha value is -3.31. The van der Waals surface area contributed by atoms with Crippen molar-refractivity contribution in [3.63, 3.8) is 0 Å². The van der Waals surface area contributed by atoms with E-state index in [9.17, 15) is 9.90 Å². The van der Waals surface area contributed by atoms with Crippen LogP contribution in [-0.4, -0.2) is 25.2 Å². The van der Waals surface area contributed by atoms with Crippen LogP contribution in [0.2, 0.25) is 0 Å². The third kappa shape index (κ3) is 3.73. The Balaban J connectivity index is 0.00000289. The Labute approximate surface area is 193 Å². The standard InChI is InChI=1S/C26H26N2O3.ClH/c1-5-16-17(6-2)25-23(14-21(16)27)31-22-13-15(28(3)4)11-12-20(22)24(25)18-9-7-8-10-19(18)26(29)30;/h7-14,27H,5-6H2,1-4H3,(H,29,30);1H. The molecule has 0 saturated heterocycles. The molecule has 0 amide bonds. The van der Waals surface area contributed by atoms with Gasteiger partial charge in [0.25, 0.3) is 0 Å². The number of carbonyl (C=O) groups is 1. The molecule has 1 heterocycles. The van der Waals surface area contributed by atoms with Crippen molar-refractivity contribution in [1.82, 2.24) is 0 Å². The molecule has 1 aliphatic carbocycles. The average Bonchev–Trinajstić information content (AvgIpc) is 2.76. The molecule has 0 radical (unpaired) electrons. The number of hydrogen-bond acceptors (Lipinski definition) is 4. The molecule has 0 fully saturated rings. The monoisotopic (exact) mass is 450 g/mol. The summed E-state index contributed by atoms with van der Waals surface area (Å²) in [5.41, 5.74) is 6.34. The van der Waals surface area contributed by atoms with Gasteiger partial charge < -0.3 is 19.8 Å². The van der Waals surface area contributed by atoms with E-state index in [-0.39, 0.29) is 18.0 Å². The highest BCUT2D eigenvalue weighted by atomic mass is 35.5. The highest BCUT2D eigenvalue weighted by Gasteiger charge is 2.25. The molecule has 2 aromatic rings. The minimum absolute atomic E-state index is 0. The van der Waals surface area contributed by atoms with E-state index in [4.69, 9.17) is 9.83 Å². The molecular weight excluding hydrogens is 424 g/mol. The van der Waals surface area contributed by atoms with E-state index >= 15 is 0 Å². The number of carboxylic acid groups (broad SMARTS) is 1. The van der Waals surface area contributed by atoms with E-state index in [1.165, 1.54) is 0 Å². The minimum Gasteiger partial charge on any atom is -0.478 e. The maximum atomic E-state index is 12.1. The van der Waals surface area contributed by atoms with Gasteiger partial charge in [-0.05, 0) is 47.7 Å². The van der Waals surface area contributed by atoms with Crippen molar-refractivity contribution in [1.29, 1.82) is 5.41 Å². The lowest BCUT2D eigenvalue weighted by Crippen LogP contribution is -2.14. The van der Waals surface area contributed by atoms with Gasteiger partial charge in [0.2, 0.25) is 0 Å². The third-order valence-electron chi connectivity index (χ3n) is 5.87. The van der Waals surface area contributed by atoms with Crippen molar-refractivity contribution < 1.29 is 14.3 Å². The first kappa shape index (κ1) is 23.4. The fraction of sp³-hybridized carbons (Fsp3) is 0.231. The molecule has 4 rings (SSSR count). The van der Waals surface area contributed by atoms with Crippen LogP contribution in [0.15, 0.2) is 52.9 Å². The lowest BCUT2D eigenvalue weighted by molar-refractivity contribution is 0.0697. The van der Waals surface area contributed by atoms with Crippen LogP contribution >= 0.6 is 12.4 Å². The smallest absolute Gasteiger partial charge is 0.336 e. The van der Waals surface area contributed by atoms with Crippen LogP contribution in [0.5, 0.6) is 0 Å². The van der Waals surface area contributed by atoms with E-state index in [1.807, 2.05) is 56.3 Å². The van der Waals surface area contributed by atoms with Crippen molar-refractivity contribution >= 4 is 35.0 Å². The van der Waals surface area contributed by atoms with Crippen LogP contribution < -0.4 is 10.3 Å². The van der Waals surface area contributed by atoms with Gasteiger partial charge in [-0.25, -0.2) is 4.79 Å². The molecule has 2 aliphatic rings. The van der Waals surface area contributed by atoms with Crippen LogP contribution in [-0.2, 0) is 12.8 Å². The molecule has 1 aliphatic heterocycles. The predicted molar refractivity (Wildman–Crippen MR) is 131 cm³/mol. The quantitative estimate of drug-likeness (QED) is 0.366. The second kappa shape index (κ2) is 9.05. The molecule has 6 heteroatoms. The summed E-state index contributed by atoms with van der Waals surface area (Å²) in [6, 6.07) is 14.9. The lowest BCUT2D eigenvalue weighted by Gasteiger charge is -2.22. The summed E-state index contributed by atoms with van der Waals surface area (Å²) < 4.78 is 6.33. The van der Waals surface area contributed by atoms with Gasteiger partial charge in [0.15, 0.2) is 0 Å². The van der Waals surface area contributed by atoms with Crippen molar-refractivity contribution in [2.24, 2.45) is 0 Å². The number of carboxylic acids is 1. The number of anilines is 1. The SMILES string of the molecule is CCc1c2c(-c3ccccc3C(=O)O)c3ccc(N(C)C)cc3oc-2cc(=N)c1CC.Cl. The zero-order valence-corrected chi connectivity index (χ0v) is 19.5. The van der Waals surface area contributed by atoms with E-state index in [2.05, 4.69) is 6.92 Å². The molecule has 166 valence electrons. The summed E-state index contributed by atoms with van der Waals surface area (Å²) in [5.74, 6) is -0.355. The minimum atomic E-state index is -0.964. The molecule has 0 spiro atoms. The Morgan fingerprint density at radius 1 is 1.00 bits per heavy atom. The molecule has 0 bridgehead atoms. The number of fused-ring (bicyclic) bond motifs is 2. The Kier molecular flexibility index (Phi) is 6.60. The predicted octanol–water partition coefficient (Wildman–Crippen LogP) is 5.99. The summed E-state index contributed by atoms with van der Waals surface area (Å²) in [5, 5.41) is 19.8. The van der Waals surface area contributed by atoms with E-state index in [0.717, 1.165) is 46.2 Å². The van der Waals surface area contributed by atoms with Crippen molar-refractivity contribution in [3.05, 3.63) is 70.6 Å². The fourth-order valence-electron chi connectivity index (χ4n) is 4.40. The first-order chi connectivity index (χ1) is 14.9. The first-order valence-corrected chi connectivity index (χ1v) is 10.5. The molecule has 5 nitrogen and oxygen atoms in total. The van der Waals surface area contributed by atoms with Gasteiger partial charge in [-0.15, -0.1) is 12.4 Å². The first-order valence-electron chi connectivity index (χ1n) is 10.5. The molecule has 0 saturated carbocycles. The summed E-state index contributed by atoms with van der Waals surface area (Å²) in [4.78, 5) is 14.1. The van der Waals surface area contributed by atoms with Crippen molar-refractivity contribution in [2.45, 2.75) is 26.7 Å². The molecular formula is C26H27ClN2O3. The molecule has 0 atom stereocenters. The summed E-state index contributed by atoms with van der Waals surface area (Å²) in [7, 11) is 3.93. The van der Waals surface area contributed by atoms with Gasteiger partial charge >= 0.3 is 5.97 Å². The number of aromatic carboxylic acids is 1. The summed E-state index contributed by atoms with van der Waals surface area (Å²) in [6.45, 7) is 4.12. The number of nitrogens with zero attached hydrogens (tertiary/aromatic N) is 1. The number of benzene rings is 3. The van der Waals surface area contributed by atoms with E-state index in [1.54, 1.807) is 18.2 Å². The van der Waals surface area contributed by atoms with Gasteiger partial charge in [-0.3, -0.25) is 0 Å². The maximum Gasteiger partial charge on any atom is 0.336 e. The van der Waals surface area contributed by atoms with Crippen LogP contribution in [0, 0.1) is 5.41 Å². The highest BCUT2D eigenvalue weighted by Crippen LogP contribution is 2.44. The Morgan fingerprint density at radius 3 is 2.31 bits per heavy atom. The second-order valence-electron chi connectivity index (χ2n) is 7.86. The highest BCUT2D eigenvalue weighted by molar-refractivity contribution is 6.08. The van der Waals surface area contributed by atoms with E-state index in [0.29, 0.717) is 22.3 Å². The van der Waals surface area contributed by atoms with Crippen LogP contribution in [0.4, 0.5) is 5.69 Å². The number of halogens is 1. The maximum absolute atomic E-state index is 12.1. The van der Waals surface area contributed by atoms with Gasteiger partial charge in [-0.2, -0.15) is 0 Å². The van der Waals surface area contributed by atoms with Gasteiger partial charge in [0, 0.05) is 48.4 Å². The third-order valence-corrected chi connectivity index (χ3v) is 5.87. The topological polar surface area (TPSA) is 77.5 Å². The number of nitrogens with one attached hydrogen (secondary N) is 1. The Bertz CT molecular complexity index is 1340.